The first kappa shape index (κ1) is 21.6. The summed E-state index contributed by atoms with van der Waals surface area (Å²) in [5.41, 5.74) is -0.382. The first-order valence-electron chi connectivity index (χ1n) is 9.25. The zero-order valence-electron chi connectivity index (χ0n) is 16.3. The van der Waals surface area contributed by atoms with Gasteiger partial charge >= 0.3 is 6.18 Å². The largest absolute Gasteiger partial charge is 0.416 e. The number of rotatable bonds is 5. The number of piperazine rings is 1. The summed E-state index contributed by atoms with van der Waals surface area (Å²) in [6, 6.07) is 7.84. The lowest BCUT2D eigenvalue weighted by Crippen LogP contribution is -2.51. The van der Waals surface area contributed by atoms with E-state index in [2.05, 4.69) is 10.3 Å². The van der Waals surface area contributed by atoms with Crippen LogP contribution >= 0.6 is 0 Å². The summed E-state index contributed by atoms with van der Waals surface area (Å²) in [7, 11) is 1.44. The third kappa shape index (κ3) is 5.07. The predicted molar refractivity (Wildman–Crippen MR) is 103 cm³/mol. The molecule has 1 aromatic carbocycles. The first-order valence-corrected chi connectivity index (χ1v) is 9.25. The van der Waals surface area contributed by atoms with Crippen molar-refractivity contribution in [3.05, 3.63) is 53.7 Å². The van der Waals surface area contributed by atoms with E-state index < -0.39 is 11.7 Å². The van der Waals surface area contributed by atoms with Gasteiger partial charge in [0.25, 0.3) is 5.91 Å². The minimum atomic E-state index is -4.47. The molecule has 0 spiro atoms. The molecule has 2 amide bonds. The van der Waals surface area contributed by atoms with Crippen LogP contribution in [0, 0.1) is 0 Å². The van der Waals surface area contributed by atoms with E-state index in [-0.39, 0.29) is 35.5 Å². The second-order valence-corrected chi connectivity index (χ2v) is 6.71. The van der Waals surface area contributed by atoms with Gasteiger partial charge in [-0.15, -0.1) is 0 Å². The zero-order valence-corrected chi connectivity index (χ0v) is 16.3. The molecule has 0 bridgehead atoms. The van der Waals surface area contributed by atoms with Gasteiger partial charge in [-0.1, -0.05) is 6.07 Å². The van der Waals surface area contributed by atoms with Gasteiger partial charge in [0.15, 0.2) is 0 Å². The van der Waals surface area contributed by atoms with Crippen LogP contribution in [-0.2, 0) is 15.7 Å². The van der Waals surface area contributed by atoms with Gasteiger partial charge in [-0.2, -0.15) is 13.2 Å². The number of carbonyl (C=O) groups is 2. The Bertz CT molecular complexity index is 912. The molecule has 7 nitrogen and oxygen atoms in total. The summed E-state index contributed by atoms with van der Waals surface area (Å²) < 4.78 is 43.7. The van der Waals surface area contributed by atoms with Crippen LogP contribution in [-0.4, -0.2) is 66.5 Å². The Kier molecular flexibility index (Phi) is 6.56. The third-order valence-electron chi connectivity index (χ3n) is 4.68. The van der Waals surface area contributed by atoms with Crippen molar-refractivity contribution in [1.29, 1.82) is 0 Å². The number of ether oxygens (including phenoxy) is 1. The van der Waals surface area contributed by atoms with Gasteiger partial charge in [-0.05, 0) is 30.3 Å². The van der Waals surface area contributed by atoms with Crippen molar-refractivity contribution in [2.45, 2.75) is 6.18 Å². The molecule has 2 heterocycles. The second kappa shape index (κ2) is 9.12. The number of amides is 2. The van der Waals surface area contributed by atoms with E-state index >= 15 is 0 Å². The molecule has 1 aliphatic rings. The van der Waals surface area contributed by atoms with Gasteiger partial charge in [-0.25, -0.2) is 4.98 Å². The fraction of sp³-hybridized carbons (Fsp3) is 0.350. The SMILES string of the molecule is COCC(=O)N1CCN(C(=O)c2cccnc2Nc2cccc(C(F)(F)F)c2)CC1. The molecule has 10 heteroatoms. The fourth-order valence-electron chi connectivity index (χ4n) is 3.13. The Labute approximate surface area is 171 Å². The molecule has 2 aromatic rings. The number of halogens is 3. The quantitative estimate of drug-likeness (QED) is 0.802. The lowest BCUT2D eigenvalue weighted by Gasteiger charge is -2.34. The van der Waals surface area contributed by atoms with E-state index in [4.69, 9.17) is 4.74 Å². The topological polar surface area (TPSA) is 74.8 Å². The molecule has 160 valence electrons. The molecule has 0 aliphatic carbocycles. The van der Waals surface area contributed by atoms with Crippen LogP contribution < -0.4 is 5.32 Å². The van der Waals surface area contributed by atoms with E-state index in [1.54, 1.807) is 21.9 Å². The molecule has 0 atom stereocenters. The molecular weight excluding hydrogens is 401 g/mol. The van der Waals surface area contributed by atoms with Gasteiger partial charge in [-0.3, -0.25) is 9.59 Å². The minimum absolute atomic E-state index is 0.0123. The van der Waals surface area contributed by atoms with E-state index in [0.717, 1.165) is 12.1 Å². The maximum Gasteiger partial charge on any atom is 0.416 e. The highest BCUT2D eigenvalue weighted by molar-refractivity contribution is 5.99. The van der Waals surface area contributed by atoms with Crippen molar-refractivity contribution < 1.29 is 27.5 Å². The maximum absolute atomic E-state index is 13.0. The second-order valence-electron chi connectivity index (χ2n) is 6.71. The van der Waals surface area contributed by atoms with Gasteiger partial charge in [0, 0.05) is 45.2 Å². The summed E-state index contributed by atoms with van der Waals surface area (Å²) in [5.74, 6) is -0.283. The third-order valence-corrected chi connectivity index (χ3v) is 4.68. The van der Waals surface area contributed by atoms with Crippen molar-refractivity contribution in [3.63, 3.8) is 0 Å². The van der Waals surface area contributed by atoms with Crippen LogP contribution in [0.1, 0.15) is 15.9 Å². The van der Waals surface area contributed by atoms with Gasteiger partial charge in [0.2, 0.25) is 5.91 Å². The normalized spacial score (nSPS) is 14.5. The summed E-state index contributed by atoms with van der Waals surface area (Å²) in [6.07, 6.45) is -3.02. The number of carbonyl (C=O) groups excluding carboxylic acids is 2. The lowest BCUT2D eigenvalue weighted by molar-refractivity contribution is -0.137. The molecular formula is C20H21F3N4O3. The molecule has 3 rings (SSSR count). The van der Waals surface area contributed by atoms with Crippen LogP contribution in [0.15, 0.2) is 42.6 Å². The van der Waals surface area contributed by atoms with Gasteiger partial charge < -0.3 is 19.9 Å². The summed E-state index contributed by atoms with van der Waals surface area (Å²) in [6.45, 7) is 1.43. The number of alkyl halides is 3. The molecule has 30 heavy (non-hydrogen) atoms. The molecule has 0 unspecified atom stereocenters. The highest BCUT2D eigenvalue weighted by Crippen LogP contribution is 2.31. The molecule has 1 aromatic heterocycles. The smallest absolute Gasteiger partial charge is 0.375 e. The van der Waals surface area contributed by atoms with Crippen molar-refractivity contribution in [2.24, 2.45) is 0 Å². The number of nitrogens with one attached hydrogen (secondary N) is 1. The van der Waals surface area contributed by atoms with Gasteiger partial charge in [0.1, 0.15) is 12.4 Å². The Morgan fingerprint density at radius 1 is 1.10 bits per heavy atom. The minimum Gasteiger partial charge on any atom is -0.375 e. The van der Waals surface area contributed by atoms with Crippen LogP contribution in [0.2, 0.25) is 0 Å². The number of methoxy groups -OCH3 is 1. The molecule has 0 saturated carbocycles. The molecule has 1 aliphatic heterocycles. The number of pyridine rings is 1. The number of hydrogen-bond acceptors (Lipinski definition) is 5. The lowest BCUT2D eigenvalue weighted by atomic mass is 10.1. The number of hydrogen-bond donors (Lipinski definition) is 1. The van der Waals surface area contributed by atoms with Crippen molar-refractivity contribution in [3.8, 4) is 0 Å². The van der Waals surface area contributed by atoms with Crippen molar-refractivity contribution in [1.82, 2.24) is 14.8 Å². The van der Waals surface area contributed by atoms with E-state index in [1.807, 2.05) is 0 Å². The number of aromatic nitrogens is 1. The fourth-order valence-corrected chi connectivity index (χ4v) is 3.13. The molecule has 1 N–H and O–H groups in total. The maximum atomic E-state index is 13.0. The highest BCUT2D eigenvalue weighted by atomic mass is 19.4. The average molecular weight is 422 g/mol. The standard InChI is InChI=1S/C20H21F3N4O3/c1-30-13-17(28)26-8-10-27(11-9-26)19(29)16-6-3-7-24-18(16)25-15-5-2-4-14(12-15)20(21,22)23/h2-7,12H,8-11,13H2,1H3,(H,24,25). The Balaban J connectivity index is 1.73. The zero-order chi connectivity index (χ0) is 21.7. The van der Waals surface area contributed by atoms with E-state index in [0.29, 0.717) is 26.2 Å². The number of nitrogens with zero attached hydrogens (tertiary/aromatic N) is 3. The summed E-state index contributed by atoms with van der Waals surface area (Å²) >= 11 is 0. The summed E-state index contributed by atoms with van der Waals surface area (Å²) in [4.78, 5) is 32.2. The Morgan fingerprint density at radius 2 is 1.80 bits per heavy atom. The highest BCUT2D eigenvalue weighted by Gasteiger charge is 2.31. The Hall–Kier alpha value is -3.14. The monoisotopic (exact) mass is 422 g/mol. The molecule has 0 radical (unpaired) electrons. The molecule has 1 fully saturated rings. The van der Waals surface area contributed by atoms with Crippen molar-refractivity contribution >= 4 is 23.3 Å². The van der Waals surface area contributed by atoms with Crippen LogP contribution in [0.4, 0.5) is 24.7 Å². The predicted octanol–water partition coefficient (Wildman–Crippen LogP) is 2.77. The van der Waals surface area contributed by atoms with Crippen LogP contribution in [0.25, 0.3) is 0 Å². The van der Waals surface area contributed by atoms with Crippen LogP contribution in [0.3, 0.4) is 0 Å². The first-order chi connectivity index (χ1) is 14.3. The Morgan fingerprint density at radius 3 is 2.47 bits per heavy atom. The van der Waals surface area contributed by atoms with Crippen LogP contribution in [0.5, 0.6) is 0 Å². The van der Waals surface area contributed by atoms with Gasteiger partial charge in [0.05, 0.1) is 11.1 Å². The number of anilines is 2. The number of benzene rings is 1. The summed E-state index contributed by atoms with van der Waals surface area (Å²) in [5, 5.41) is 2.81. The van der Waals surface area contributed by atoms with Crippen molar-refractivity contribution in [2.75, 3.05) is 45.2 Å². The molecule has 1 saturated heterocycles. The van der Waals surface area contributed by atoms with E-state index in [9.17, 15) is 22.8 Å². The average Bonchev–Trinajstić information content (AvgIpc) is 2.73. The van der Waals surface area contributed by atoms with E-state index in [1.165, 1.54) is 25.4 Å².